The first-order valence-electron chi connectivity index (χ1n) is 11.4. The number of anilines is 2. The lowest BCUT2D eigenvalue weighted by atomic mass is 9.98. The largest absolute Gasteiger partial charge is 0.363 e. The summed E-state index contributed by atoms with van der Waals surface area (Å²) >= 11 is 0. The smallest absolute Gasteiger partial charge is 0.262 e. The maximum absolute atomic E-state index is 13.7. The number of para-hydroxylation sites is 1. The fourth-order valence-corrected chi connectivity index (χ4v) is 4.53. The van der Waals surface area contributed by atoms with E-state index >= 15 is 0 Å². The second kappa shape index (κ2) is 9.73. The second-order valence-corrected chi connectivity index (χ2v) is 8.25. The summed E-state index contributed by atoms with van der Waals surface area (Å²) in [6.45, 7) is 0.517. The van der Waals surface area contributed by atoms with E-state index in [2.05, 4.69) is 34.9 Å². The van der Waals surface area contributed by atoms with E-state index in [0.717, 1.165) is 22.5 Å². The summed E-state index contributed by atoms with van der Waals surface area (Å²) in [5.41, 5.74) is 5.02. The summed E-state index contributed by atoms with van der Waals surface area (Å²) in [5.74, 6) is -0.109. The molecule has 0 saturated carbocycles. The molecule has 1 aliphatic heterocycles. The zero-order valence-electron chi connectivity index (χ0n) is 18.7. The van der Waals surface area contributed by atoms with Gasteiger partial charge in [0.2, 0.25) is 0 Å². The molecule has 0 spiro atoms. The number of rotatable bonds is 7. The molecule has 0 aliphatic carbocycles. The molecule has 0 radical (unpaired) electrons. The van der Waals surface area contributed by atoms with E-state index in [1.165, 1.54) is 6.21 Å². The Hall–Kier alpha value is -4.22. The minimum absolute atomic E-state index is 0.0220. The van der Waals surface area contributed by atoms with Gasteiger partial charge >= 0.3 is 0 Å². The van der Waals surface area contributed by atoms with E-state index in [1.54, 1.807) is 11.0 Å². The van der Waals surface area contributed by atoms with Crippen molar-refractivity contribution in [2.45, 2.75) is 12.2 Å². The molecule has 0 saturated heterocycles. The molecule has 5 nitrogen and oxygen atoms in total. The lowest BCUT2D eigenvalue weighted by Crippen LogP contribution is -2.54. The fourth-order valence-electron chi connectivity index (χ4n) is 4.53. The van der Waals surface area contributed by atoms with Crippen LogP contribution in [0, 0.1) is 5.41 Å². The SMILES string of the molecule is N=Cc1cccc2c1C(=O)N(c1ccccc1)C(CNC(c1ccccc1)c1ccccc1)N2. The summed E-state index contributed by atoms with van der Waals surface area (Å²) in [7, 11) is 0. The average molecular weight is 447 g/mol. The van der Waals surface area contributed by atoms with Crippen molar-refractivity contribution >= 4 is 23.5 Å². The van der Waals surface area contributed by atoms with E-state index in [0.29, 0.717) is 17.7 Å². The number of benzene rings is 4. The van der Waals surface area contributed by atoms with Gasteiger partial charge in [-0.3, -0.25) is 9.69 Å². The molecule has 1 atom stereocenters. The second-order valence-electron chi connectivity index (χ2n) is 8.25. The summed E-state index contributed by atoms with van der Waals surface area (Å²) in [4.78, 5) is 15.5. The Labute approximate surface area is 199 Å². The van der Waals surface area contributed by atoms with Crippen molar-refractivity contribution in [1.82, 2.24) is 5.32 Å². The number of carbonyl (C=O) groups excluding carboxylic acids is 1. The van der Waals surface area contributed by atoms with Crippen LogP contribution in [0.1, 0.15) is 33.1 Å². The number of carbonyl (C=O) groups is 1. The monoisotopic (exact) mass is 446 g/mol. The molecule has 1 unspecified atom stereocenters. The van der Waals surface area contributed by atoms with Crippen LogP contribution in [0.2, 0.25) is 0 Å². The summed E-state index contributed by atoms with van der Waals surface area (Å²) in [5, 5.41) is 15.0. The molecule has 0 aromatic heterocycles. The van der Waals surface area contributed by atoms with Gasteiger partial charge in [0.15, 0.2) is 0 Å². The van der Waals surface area contributed by atoms with Crippen LogP contribution in [-0.2, 0) is 0 Å². The summed E-state index contributed by atoms with van der Waals surface area (Å²) in [6.07, 6.45) is 0.930. The van der Waals surface area contributed by atoms with Crippen LogP contribution in [0.5, 0.6) is 0 Å². The molecule has 1 heterocycles. The fraction of sp³-hybridized carbons (Fsp3) is 0.103. The van der Waals surface area contributed by atoms with Crippen molar-refractivity contribution < 1.29 is 4.79 Å². The third-order valence-electron chi connectivity index (χ3n) is 6.13. The van der Waals surface area contributed by atoms with Crippen LogP contribution >= 0.6 is 0 Å². The Balaban J connectivity index is 1.50. The predicted molar refractivity (Wildman–Crippen MR) is 138 cm³/mol. The van der Waals surface area contributed by atoms with E-state index in [9.17, 15) is 4.79 Å². The molecule has 168 valence electrons. The molecule has 34 heavy (non-hydrogen) atoms. The highest BCUT2D eigenvalue weighted by molar-refractivity contribution is 6.16. The van der Waals surface area contributed by atoms with Crippen molar-refractivity contribution in [3.8, 4) is 0 Å². The summed E-state index contributed by atoms with van der Waals surface area (Å²) in [6, 6.07) is 35.9. The zero-order chi connectivity index (χ0) is 23.3. The maximum atomic E-state index is 13.7. The minimum atomic E-state index is -0.307. The molecule has 5 heteroatoms. The van der Waals surface area contributed by atoms with Gasteiger partial charge in [0.25, 0.3) is 5.91 Å². The Morgan fingerprint density at radius 2 is 1.41 bits per heavy atom. The normalized spacial score (nSPS) is 15.0. The molecule has 0 fully saturated rings. The van der Waals surface area contributed by atoms with Gasteiger partial charge in [0.05, 0.1) is 11.6 Å². The van der Waals surface area contributed by atoms with E-state index in [1.807, 2.05) is 78.9 Å². The quantitative estimate of drug-likeness (QED) is 0.330. The van der Waals surface area contributed by atoms with E-state index < -0.39 is 0 Å². The molecule has 4 aromatic carbocycles. The number of hydrogen-bond donors (Lipinski definition) is 3. The highest BCUT2D eigenvalue weighted by atomic mass is 16.2. The van der Waals surface area contributed by atoms with Gasteiger partial charge in [0, 0.05) is 29.7 Å². The Kier molecular flexibility index (Phi) is 6.19. The van der Waals surface area contributed by atoms with Crippen LogP contribution in [-0.4, -0.2) is 24.8 Å². The highest BCUT2D eigenvalue weighted by Gasteiger charge is 2.34. The van der Waals surface area contributed by atoms with Crippen LogP contribution in [0.15, 0.2) is 109 Å². The number of nitrogens with one attached hydrogen (secondary N) is 3. The third-order valence-corrected chi connectivity index (χ3v) is 6.13. The van der Waals surface area contributed by atoms with Gasteiger partial charge in [-0.15, -0.1) is 0 Å². The van der Waals surface area contributed by atoms with E-state index in [-0.39, 0.29) is 18.1 Å². The molecular weight excluding hydrogens is 420 g/mol. The number of fused-ring (bicyclic) bond motifs is 1. The molecule has 0 bridgehead atoms. The predicted octanol–water partition coefficient (Wildman–Crippen LogP) is 5.46. The van der Waals surface area contributed by atoms with Crippen LogP contribution in [0.3, 0.4) is 0 Å². The van der Waals surface area contributed by atoms with Crippen molar-refractivity contribution in [3.05, 3.63) is 131 Å². The van der Waals surface area contributed by atoms with Crippen molar-refractivity contribution in [1.29, 1.82) is 5.41 Å². The number of hydrogen-bond acceptors (Lipinski definition) is 4. The molecule has 1 amide bonds. The average Bonchev–Trinajstić information content (AvgIpc) is 2.90. The van der Waals surface area contributed by atoms with Gasteiger partial charge in [-0.25, -0.2) is 0 Å². The third kappa shape index (κ3) is 4.21. The van der Waals surface area contributed by atoms with Crippen molar-refractivity contribution in [2.75, 3.05) is 16.8 Å². The molecule has 3 N–H and O–H groups in total. The first-order chi connectivity index (χ1) is 16.8. The summed E-state index contributed by atoms with van der Waals surface area (Å²) < 4.78 is 0. The molecular formula is C29H26N4O. The lowest BCUT2D eigenvalue weighted by molar-refractivity contribution is 0.0974. The lowest BCUT2D eigenvalue weighted by Gasteiger charge is -2.39. The van der Waals surface area contributed by atoms with Gasteiger partial charge < -0.3 is 16.0 Å². The first-order valence-corrected chi connectivity index (χ1v) is 11.4. The molecule has 4 aromatic rings. The number of nitrogens with zero attached hydrogens (tertiary/aromatic N) is 1. The Morgan fingerprint density at radius 3 is 2.00 bits per heavy atom. The maximum Gasteiger partial charge on any atom is 0.262 e. The Bertz CT molecular complexity index is 1240. The van der Waals surface area contributed by atoms with Crippen LogP contribution in [0.4, 0.5) is 11.4 Å². The number of amides is 1. The van der Waals surface area contributed by atoms with Gasteiger partial charge in [0.1, 0.15) is 6.17 Å². The standard InChI is InChI=1S/C29H26N4O/c30-19-23-15-10-18-25-27(23)29(34)33(24-16-8-3-9-17-24)26(32-25)20-31-28(21-11-4-1-5-12-21)22-13-6-2-7-14-22/h1-19,26,28,30-32H,20H2. The first kappa shape index (κ1) is 21.6. The zero-order valence-corrected chi connectivity index (χ0v) is 18.7. The molecule has 1 aliphatic rings. The van der Waals surface area contributed by atoms with Crippen LogP contribution < -0.4 is 15.5 Å². The van der Waals surface area contributed by atoms with E-state index in [4.69, 9.17) is 5.41 Å². The van der Waals surface area contributed by atoms with Crippen LogP contribution in [0.25, 0.3) is 0 Å². The van der Waals surface area contributed by atoms with Gasteiger partial charge in [-0.1, -0.05) is 91.0 Å². The van der Waals surface area contributed by atoms with Gasteiger partial charge in [-0.05, 0) is 29.3 Å². The minimum Gasteiger partial charge on any atom is -0.363 e. The highest BCUT2D eigenvalue weighted by Crippen LogP contribution is 2.32. The molecule has 5 rings (SSSR count). The van der Waals surface area contributed by atoms with Gasteiger partial charge in [-0.2, -0.15) is 0 Å². The Morgan fingerprint density at radius 1 is 0.824 bits per heavy atom. The van der Waals surface area contributed by atoms with Crippen molar-refractivity contribution in [3.63, 3.8) is 0 Å². The van der Waals surface area contributed by atoms with Crippen molar-refractivity contribution in [2.24, 2.45) is 0 Å². The topological polar surface area (TPSA) is 68.2 Å².